The maximum Gasteiger partial charge on any atom is 0.326 e. The van der Waals surface area contributed by atoms with Gasteiger partial charge in [0, 0.05) is 20.0 Å². The molecule has 0 spiro atoms. The van der Waals surface area contributed by atoms with E-state index in [9.17, 15) is 43.8 Å². The second kappa shape index (κ2) is 23.3. The molecule has 0 radical (unpaired) electrons. The van der Waals surface area contributed by atoms with Gasteiger partial charge in [-0.1, -0.05) is 58.0 Å². The standard InChI is InChI=1S/C35H57N9O9/c1-19(2)15-24(31(49)40-23(13-10-14-39-35(36)37)30(48)44-27(34(52)53)18-28(46)38-6)42-32(50)25(16-20(3)4)43-33(51)26(41-29(47)21(5)45)17-22-11-8-7-9-12-22/h7-9,11-12,19-21,23-27,45H,10,13-18H2,1-6H3,(H,38,46)(H,40,49)(H,41,47)(H,42,50)(H,43,51)(H,44,48)(H,52,53)(H4,36,37,39)/t21?,23-,24-,25-,26-,27-/m0/s1. The average Bonchev–Trinajstić information content (AvgIpc) is 3.07. The van der Waals surface area contributed by atoms with E-state index in [2.05, 4.69) is 36.9 Å². The molecule has 0 fully saturated rings. The van der Waals surface area contributed by atoms with Crippen LogP contribution in [-0.4, -0.2) is 107 Å². The molecule has 0 aliphatic carbocycles. The lowest BCUT2D eigenvalue weighted by molar-refractivity contribution is -0.144. The van der Waals surface area contributed by atoms with Crippen molar-refractivity contribution >= 4 is 47.4 Å². The molecule has 0 saturated heterocycles. The van der Waals surface area contributed by atoms with Gasteiger partial charge in [-0.05, 0) is 50.0 Å². The van der Waals surface area contributed by atoms with Crippen molar-refractivity contribution in [3.05, 3.63) is 35.9 Å². The number of aliphatic hydroxyl groups excluding tert-OH is 1. The third kappa shape index (κ3) is 18.2. The van der Waals surface area contributed by atoms with E-state index in [0.29, 0.717) is 0 Å². The second-order valence-electron chi connectivity index (χ2n) is 13.6. The molecule has 0 bridgehead atoms. The molecule has 0 saturated carbocycles. The summed E-state index contributed by atoms with van der Waals surface area (Å²) in [7, 11) is 1.31. The Bertz CT molecular complexity index is 1420. The SMILES string of the molecule is CNC(=O)C[C@H](NC(=O)[C@H](CCCN=C(N)N)NC(=O)[C@H](CC(C)C)NC(=O)[C@H](CC(C)C)NC(=O)[C@H](Cc1ccccc1)NC(=O)C(C)O)C(=O)O. The first kappa shape index (κ1) is 45.8. The number of hydrogen-bond acceptors (Lipinski definition) is 9. The number of aliphatic imine (C=N–C) groups is 1. The Balaban J connectivity index is 3.33. The van der Waals surface area contributed by atoms with Crippen LogP contribution < -0.4 is 43.4 Å². The van der Waals surface area contributed by atoms with Crippen molar-refractivity contribution in [2.24, 2.45) is 28.3 Å². The van der Waals surface area contributed by atoms with Crippen LogP contribution in [0, 0.1) is 11.8 Å². The second-order valence-corrected chi connectivity index (χ2v) is 13.6. The highest BCUT2D eigenvalue weighted by Gasteiger charge is 2.33. The summed E-state index contributed by atoms with van der Waals surface area (Å²) in [5.74, 6) is -6.32. The van der Waals surface area contributed by atoms with E-state index in [0.717, 1.165) is 5.56 Å². The van der Waals surface area contributed by atoms with Crippen LogP contribution in [0.15, 0.2) is 35.3 Å². The van der Waals surface area contributed by atoms with Gasteiger partial charge in [-0.25, -0.2) is 4.79 Å². The molecule has 1 unspecified atom stereocenters. The number of nitrogens with two attached hydrogens (primary N) is 2. The molecule has 1 aromatic rings. The third-order valence-corrected chi connectivity index (χ3v) is 7.84. The summed E-state index contributed by atoms with van der Waals surface area (Å²) >= 11 is 0. The number of carboxylic acids is 1. The molecule has 6 atom stereocenters. The Morgan fingerprint density at radius 2 is 1.13 bits per heavy atom. The van der Waals surface area contributed by atoms with Crippen LogP contribution in [0.4, 0.5) is 0 Å². The molecule has 0 aromatic heterocycles. The summed E-state index contributed by atoms with van der Waals surface area (Å²) in [6.45, 7) is 8.65. The number of aliphatic hydroxyl groups is 1. The van der Waals surface area contributed by atoms with Crippen LogP contribution >= 0.6 is 0 Å². The van der Waals surface area contributed by atoms with Crippen molar-refractivity contribution < 1.29 is 43.8 Å². The summed E-state index contributed by atoms with van der Waals surface area (Å²) in [6.07, 6.45) is -1.44. The summed E-state index contributed by atoms with van der Waals surface area (Å²) in [6, 6.07) is 2.46. The largest absolute Gasteiger partial charge is 0.480 e. The minimum atomic E-state index is -1.60. The van der Waals surface area contributed by atoms with Gasteiger partial charge in [0.05, 0.1) is 6.42 Å². The van der Waals surface area contributed by atoms with Crippen LogP contribution in [0.5, 0.6) is 0 Å². The van der Waals surface area contributed by atoms with Crippen molar-refractivity contribution in [1.82, 2.24) is 31.9 Å². The highest BCUT2D eigenvalue weighted by Crippen LogP contribution is 2.12. The number of guanidine groups is 1. The van der Waals surface area contributed by atoms with Crippen molar-refractivity contribution in [3.8, 4) is 0 Å². The van der Waals surface area contributed by atoms with Gasteiger partial charge in [-0.2, -0.15) is 0 Å². The number of carboxylic acid groups (broad SMARTS) is 1. The fraction of sp³-hybridized carbons (Fsp3) is 0.600. The van der Waals surface area contributed by atoms with Gasteiger partial charge in [-0.15, -0.1) is 0 Å². The van der Waals surface area contributed by atoms with Gasteiger partial charge < -0.3 is 53.6 Å². The smallest absolute Gasteiger partial charge is 0.326 e. The van der Waals surface area contributed by atoms with E-state index in [-0.39, 0.29) is 56.4 Å². The molecule has 0 heterocycles. The van der Waals surface area contributed by atoms with Crippen molar-refractivity contribution in [1.29, 1.82) is 0 Å². The lowest BCUT2D eigenvalue weighted by Crippen LogP contribution is -2.59. The lowest BCUT2D eigenvalue weighted by atomic mass is 9.98. The van der Waals surface area contributed by atoms with Gasteiger partial charge in [0.25, 0.3) is 0 Å². The number of nitrogens with zero attached hydrogens (tertiary/aromatic N) is 1. The van der Waals surface area contributed by atoms with Crippen molar-refractivity contribution in [3.63, 3.8) is 0 Å². The molecular weight excluding hydrogens is 690 g/mol. The number of hydrogen-bond donors (Lipinski definition) is 10. The van der Waals surface area contributed by atoms with E-state index >= 15 is 0 Å². The van der Waals surface area contributed by atoms with Gasteiger partial charge in [0.1, 0.15) is 36.3 Å². The van der Waals surface area contributed by atoms with E-state index in [1.165, 1.54) is 14.0 Å². The zero-order valence-corrected chi connectivity index (χ0v) is 31.3. The number of nitrogens with one attached hydrogen (secondary N) is 6. The van der Waals surface area contributed by atoms with Gasteiger partial charge >= 0.3 is 5.97 Å². The summed E-state index contributed by atoms with van der Waals surface area (Å²) in [5.41, 5.74) is 11.5. The van der Waals surface area contributed by atoms with Crippen molar-refractivity contribution in [2.75, 3.05) is 13.6 Å². The molecule has 18 heteroatoms. The number of benzene rings is 1. The first-order valence-corrected chi connectivity index (χ1v) is 17.6. The molecule has 6 amide bonds. The Hall–Kier alpha value is -5.26. The van der Waals surface area contributed by atoms with E-state index < -0.39 is 84.1 Å². The number of carbonyl (C=O) groups is 7. The molecule has 12 N–H and O–H groups in total. The van der Waals surface area contributed by atoms with Crippen LogP contribution in [0.25, 0.3) is 0 Å². The Kier molecular flexibility index (Phi) is 20.1. The molecule has 0 aliphatic rings. The first-order chi connectivity index (χ1) is 24.8. The number of aliphatic carboxylic acids is 1. The lowest BCUT2D eigenvalue weighted by Gasteiger charge is -2.28. The molecule has 1 aromatic carbocycles. The molecule has 1 rings (SSSR count). The molecule has 296 valence electrons. The van der Waals surface area contributed by atoms with E-state index in [4.69, 9.17) is 11.5 Å². The topological polar surface area (TPSA) is 297 Å². The highest BCUT2D eigenvalue weighted by atomic mass is 16.4. The summed E-state index contributed by atoms with van der Waals surface area (Å²) in [4.78, 5) is 94.5. The van der Waals surface area contributed by atoms with Crippen molar-refractivity contribution in [2.45, 2.75) is 109 Å². The van der Waals surface area contributed by atoms with Gasteiger partial charge in [0.15, 0.2) is 5.96 Å². The van der Waals surface area contributed by atoms with Crippen LogP contribution in [0.1, 0.15) is 72.3 Å². The van der Waals surface area contributed by atoms with Crippen LogP contribution in [-0.2, 0) is 40.0 Å². The molecule has 53 heavy (non-hydrogen) atoms. The van der Waals surface area contributed by atoms with Gasteiger partial charge in [-0.3, -0.25) is 33.8 Å². The Morgan fingerprint density at radius 3 is 1.58 bits per heavy atom. The van der Waals surface area contributed by atoms with E-state index in [1.54, 1.807) is 30.3 Å². The predicted octanol–water partition coefficient (Wildman–Crippen LogP) is -1.60. The first-order valence-electron chi connectivity index (χ1n) is 17.6. The summed E-state index contributed by atoms with van der Waals surface area (Å²) < 4.78 is 0. The zero-order valence-electron chi connectivity index (χ0n) is 31.3. The number of rotatable bonds is 23. The quantitative estimate of drug-likeness (QED) is 0.0346. The monoisotopic (exact) mass is 747 g/mol. The fourth-order valence-corrected chi connectivity index (χ4v) is 5.11. The van der Waals surface area contributed by atoms with Gasteiger partial charge in [0.2, 0.25) is 35.4 Å². The number of carbonyl (C=O) groups excluding carboxylic acids is 6. The van der Waals surface area contributed by atoms with E-state index in [1.807, 2.05) is 27.7 Å². The maximum absolute atomic E-state index is 13.8. The Labute approximate surface area is 310 Å². The highest BCUT2D eigenvalue weighted by molar-refractivity contribution is 5.96. The fourth-order valence-electron chi connectivity index (χ4n) is 5.11. The van der Waals surface area contributed by atoms with Crippen LogP contribution in [0.3, 0.4) is 0 Å². The minimum absolute atomic E-state index is 0.0317. The number of amides is 6. The molecule has 0 aliphatic heterocycles. The predicted molar refractivity (Wildman–Crippen MR) is 197 cm³/mol. The Morgan fingerprint density at radius 1 is 0.679 bits per heavy atom. The molecule has 18 nitrogen and oxygen atoms in total. The maximum atomic E-state index is 13.8. The zero-order chi connectivity index (χ0) is 40.2. The summed E-state index contributed by atoms with van der Waals surface area (Å²) in [5, 5.41) is 34.5. The average molecular weight is 748 g/mol. The normalized spacial score (nSPS) is 14.4. The molecular formula is C35H57N9O9. The van der Waals surface area contributed by atoms with Crippen LogP contribution in [0.2, 0.25) is 0 Å². The minimum Gasteiger partial charge on any atom is -0.480 e. The third-order valence-electron chi connectivity index (χ3n) is 7.84.